The van der Waals surface area contributed by atoms with Crippen molar-refractivity contribution in [2.75, 3.05) is 6.61 Å². The van der Waals surface area contributed by atoms with Gasteiger partial charge in [-0.2, -0.15) is 5.26 Å². The number of aliphatic carboxylic acids is 1. The fraction of sp³-hybridized carbons (Fsp3) is 0.0588. The number of rotatable bonds is 5. The van der Waals surface area contributed by atoms with Crippen molar-refractivity contribution in [1.29, 1.82) is 5.26 Å². The molecule has 7 heteroatoms. The largest absolute Gasteiger partial charge is 0.479 e. The molecule has 2 aromatic carbocycles. The summed E-state index contributed by atoms with van der Waals surface area (Å²) in [6, 6.07) is 10.9. The lowest BCUT2D eigenvalue weighted by Crippen LogP contribution is -2.10. The predicted octanol–water partition coefficient (Wildman–Crippen LogP) is 4.77. The fourth-order valence-corrected chi connectivity index (χ4v) is 2.93. The summed E-state index contributed by atoms with van der Waals surface area (Å²) in [5.74, 6) is -1.37. The molecule has 0 unspecified atom stereocenters. The van der Waals surface area contributed by atoms with Gasteiger partial charge in [0, 0.05) is 0 Å². The van der Waals surface area contributed by atoms with E-state index in [1.807, 2.05) is 6.07 Å². The minimum absolute atomic E-state index is 0.188. The first-order valence-electron chi connectivity index (χ1n) is 6.62. The molecular formula is C17H10BrClFNO3. The van der Waals surface area contributed by atoms with Crippen molar-refractivity contribution in [3.05, 3.63) is 62.8 Å². The number of hydrogen-bond donors (Lipinski definition) is 1. The van der Waals surface area contributed by atoms with Gasteiger partial charge in [-0.15, -0.1) is 0 Å². The molecule has 0 heterocycles. The number of carboxylic acids is 1. The van der Waals surface area contributed by atoms with Gasteiger partial charge in [-0.1, -0.05) is 23.7 Å². The average molecular weight is 411 g/mol. The Bertz CT molecular complexity index is 838. The van der Waals surface area contributed by atoms with E-state index in [4.69, 9.17) is 21.4 Å². The summed E-state index contributed by atoms with van der Waals surface area (Å²) < 4.78 is 18.8. The molecule has 122 valence electrons. The molecule has 24 heavy (non-hydrogen) atoms. The van der Waals surface area contributed by atoms with Crippen LogP contribution in [-0.4, -0.2) is 17.7 Å². The van der Waals surface area contributed by atoms with Crippen LogP contribution in [0.2, 0.25) is 5.02 Å². The third kappa shape index (κ3) is 4.57. The number of nitrogens with zero attached hydrogens (tertiary/aromatic N) is 1. The van der Waals surface area contributed by atoms with Crippen molar-refractivity contribution in [2.24, 2.45) is 0 Å². The highest BCUT2D eigenvalue weighted by atomic mass is 79.9. The summed E-state index contributed by atoms with van der Waals surface area (Å²) in [7, 11) is 0. The Balaban J connectivity index is 2.38. The van der Waals surface area contributed by atoms with Crippen LogP contribution in [-0.2, 0) is 4.79 Å². The van der Waals surface area contributed by atoms with Crippen molar-refractivity contribution in [1.82, 2.24) is 0 Å². The second-order valence-electron chi connectivity index (χ2n) is 4.68. The van der Waals surface area contributed by atoms with E-state index in [-0.39, 0.29) is 16.3 Å². The van der Waals surface area contributed by atoms with Crippen LogP contribution in [0.5, 0.6) is 5.75 Å². The molecule has 0 radical (unpaired) electrons. The lowest BCUT2D eigenvalue weighted by atomic mass is 10.0. The van der Waals surface area contributed by atoms with Crippen LogP contribution in [0.25, 0.3) is 11.6 Å². The van der Waals surface area contributed by atoms with Crippen LogP contribution in [0, 0.1) is 17.1 Å². The highest BCUT2D eigenvalue weighted by Crippen LogP contribution is 2.35. The summed E-state index contributed by atoms with van der Waals surface area (Å²) in [5, 5.41) is 18.1. The summed E-state index contributed by atoms with van der Waals surface area (Å²) in [4.78, 5) is 10.6. The van der Waals surface area contributed by atoms with E-state index in [2.05, 4.69) is 15.9 Å². The number of hydrogen-bond acceptors (Lipinski definition) is 3. The van der Waals surface area contributed by atoms with Gasteiger partial charge in [0.15, 0.2) is 12.4 Å². The van der Waals surface area contributed by atoms with E-state index in [9.17, 15) is 14.4 Å². The molecular weight excluding hydrogens is 401 g/mol. The minimum Gasteiger partial charge on any atom is -0.479 e. The lowest BCUT2D eigenvalue weighted by Gasteiger charge is -2.09. The van der Waals surface area contributed by atoms with Crippen molar-refractivity contribution in [3.8, 4) is 11.8 Å². The van der Waals surface area contributed by atoms with E-state index < -0.39 is 18.4 Å². The Kier molecular flexibility index (Phi) is 5.96. The van der Waals surface area contributed by atoms with Gasteiger partial charge in [0.05, 0.1) is 21.1 Å². The molecule has 0 bridgehead atoms. The van der Waals surface area contributed by atoms with Crippen LogP contribution in [0.1, 0.15) is 11.1 Å². The zero-order valence-electron chi connectivity index (χ0n) is 12.1. The fourth-order valence-electron chi connectivity index (χ4n) is 1.94. The first-order valence-corrected chi connectivity index (χ1v) is 7.79. The number of ether oxygens (including phenoxy) is 1. The summed E-state index contributed by atoms with van der Waals surface area (Å²) >= 11 is 9.35. The SMILES string of the molecule is N#CC(=Cc1cc(Cl)c(OCC(=O)O)c(Br)c1)c1cccc(F)c1. The second kappa shape index (κ2) is 7.95. The molecule has 0 amide bonds. The minimum atomic E-state index is -1.13. The number of benzene rings is 2. The Morgan fingerprint density at radius 3 is 2.75 bits per heavy atom. The highest BCUT2D eigenvalue weighted by molar-refractivity contribution is 9.10. The van der Waals surface area contributed by atoms with Crippen LogP contribution < -0.4 is 4.74 Å². The predicted molar refractivity (Wildman–Crippen MR) is 92.2 cm³/mol. The standard InChI is InChI=1S/C17H10BrClFNO3/c18-14-5-10(6-15(19)17(14)24-9-16(22)23)4-12(8-21)11-2-1-3-13(20)7-11/h1-7H,9H2,(H,22,23). The third-order valence-corrected chi connectivity index (χ3v) is 3.80. The molecule has 0 saturated carbocycles. The van der Waals surface area contributed by atoms with Crippen LogP contribution in [0.3, 0.4) is 0 Å². The number of allylic oxidation sites excluding steroid dienone is 1. The van der Waals surface area contributed by atoms with Crippen molar-refractivity contribution in [3.63, 3.8) is 0 Å². The summed E-state index contributed by atoms with van der Waals surface area (Å²) in [5.41, 5.74) is 1.28. The molecule has 0 atom stereocenters. The van der Waals surface area contributed by atoms with E-state index in [0.717, 1.165) is 0 Å². The van der Waals surface area contributed by atoms with Gasteiger partial charge in [0.2, 0.25) is 0 Å². The van der Waals surface area contributed by atoms with E-state index >= 15 is 0 Å². The first kappa shape index (κ1) is 18.0. The first-order chi connectivity index (χ1) is 11.4. The Morgan fingerprint density at radius 2 is 2.17 bits per heavy atom. The second-order valence-corrected chi connectivity index (χ2v) is 5.94. The van der Waals surface area contributed by atoms with Crippen LogP contribution in [0.4, 0.5) is 4.39 Å². The molecule has 0 aliphatic heterocycles. The maximum Gasteiger partial charge on any atom is 0.341 e. The van der Waals surface area contributed by atoms with Gasteiger partial charge in [-0.05, 0) is 57.4 Å². The van der Waals surface area contributed by atoms with Gasteiger partial charge in [0.1, 0.15) is 5.82 Å². The van der Waals surface area contributed by atoms with Crippen molar-refractivity contribution in [2.45, 2.75) is 0 Å². The number of carbonyl (C=O) groups is 1. The number of halogens is 3. The monoisotopic (exact) mass is 409 g/mol. The number of carboxylic acid groups (broad SMARTS) is 1. The smallest absolute Gasteiger partial charge is 0.341 e. The van der Waals surface area contributed by atoms with Gasteiger partial charge in [0.25, 0.3) is 0 Å². The number of nitriles is 1. The summed E-state index contributed by atoms with van der Waals surface area (Å²) in [6.45, 7) is -0.528. The molecule has 0 saturated heterocycles. The van der Waals surface area contributed by atoms with E-state index in [0.29, 0.717) is 15.6 Å². The Labute approximate surface area is 150 Å². The molecule has 0 aromatic heterocycles. The summed E-state index contributed by atoms with van der Waals surface area (Å²) in [6.07, 6.45) is 1.55. The molecule has 0 fully saturated rings. The quantitative estimate of drug-likeness (QED) is 0.569. The molecule has 0 aliphatic rings. The van der Waals surface area contributed by atoms with Crippen LogP contribution in [0.15, 0.2) is 40.9 Å². The molecule has 0 aliphatic carbocycles. The van der Waals surface area contributed by atoms with E-state index in [1.54, 1.807) is 18.2 Å². The van der Waals surface area contributed by atoms with Crippen molar-refractivity contribution >= 4 is 45.1 Å². The molecule has 2 aromatic rings. The maximum absolute atomic E-state index is 13.3. The zero-order chi connectivity index (χ0) is 17.7. The highest BCUT2D eigenvalue weighted by Gasteiger charge is 2.11. The van der Waals surface area contributed by atoms with E-state index in [1.165, 1.54) is 24.3 Å². The lowest BCUT2D eigenvalue weighted by molar-refractivity contribution is -0.139. The third-order valence-electron chi connectivity index (χ3n) is 2.93. The zero-order valence-corrected chi connectivity index (χ0v) is 14.4. The molecule has 0 spiro atoms. The van der Waals surface area contributed by atoms with Gasteiger partial charge >= 0.3 is 5.97 Å². The average Bonchev–Trinajstić information content (AvgIpc) is 2.51. The van der Waals surface area contributed by atoms with Crippen molar-refractivity contribution < 1.29 is 19.0 Å². The van der Waals surface area contributed by atoms with Gasteiger partial charge in [-0.25, -0.2) is 9.18 Å². The Hall–Kier alpha value is -2.36. The molecule has 2 rings (SSSR count). The maximum atomic E-state index is 13.3. The van der Waals surface area contributed by atoms with Gasteiger partial charge in [-0.3, -0.25) is 0 Å². The topological polar surface area (TPSA) is 70.3 Å². The normalized spacial score (nSPS) is 11.0. The van der Waals surface area contributed by atoms with Crippen LogP contribution >= 0.6 is 27.5 Å². The molecule has 4 nitrogen and oxygen atoms in total. The molecule has 1 N–H and O–H groups in total. The van der Waals surface area contributed by atoms with Gasteiger partial charge < -0.3 is 9.84 Å². The Morgan fingerprint density at radius 1 is 1.42 bits per heavy atom.